The second-order valence-corrected chi connectivity index (χ2v) is 8.25. The number of nitrogens with one attached hydrogen (secondary N) is 1. The highest BCUT2D eigenvalue weighted by Gasteiger charge is 2.19. The second kappa shape index (κ2) is 9.53. The number of hydrogen-bond acceptors (Lipinski definition) is 4. The molecule has 0 fully saturated rings. The van der Waals surface area contributed by atoms with Gasteiger partial charge in [-0.3, -0.25) is 9.36 Å². The first-order chi connectivity index (χ1) is 15.2. The van der Waals surface area contributed by atoms with Gasteiger partial charge in [0.1, 0.15) is 5.75 Å². The molecule has 0 aliphatic heterocycles. The third kappa shape index (κ3) is 4.81. The number of anilines is 1. The number of carbonyl (C=O) groups is 1. The monoisotopic (exact) mass is 429 g/mol. The number of hydrogen-bond donors (Lipinski definition) is 1. The Bertz CT molecular complexity index is 1160. The van der Waals surface area contributed by atoms with E-state index in [1.54, 1.807) is 13.3 Å². The van der Waals surface area contributed by atoms with Gasteiger partial charge in [-0.15, -0.1) is 0 Å². The zero-order chi connectivity index (χ0) is 21.6. The Morgan fingerprint density at radius 2 is 1.71 bits per heavy atom. The highest BCUT2D eigenvalue weighted by molar-refractivity contribution is 8.00. The molecule has 1 aromatic heterocycles. The Balaban J connectivity index is 1.49. The summed E-state index contributed by atoms with van der Waals surface area (Å²) in [6.07, 6.45) is 3.63. The Morgan fingerprint density at radius 1 is 1.00 bits per heavy atom. The molecule has 0 aliphatic rings. The minimum Gasteiger partial charge on any atom is -0.497 e. The van der Waals surface area contributed by atoms with Crippen molar-refractivity contribution in [2.45, 2.75) is 17.3 Å². The van der Waals surface area contributed by atoms with Crippen molar-refractivity contribution in [2.75, 3.05) is 12.4 Å². The molecular formula is C25H23N3O2S. The summed E-state index contributed by atoms with van der Waals surface area (Å²) in [5.74, 6) is 0.723. The maximum atomic E-state index is 13.0. The molecule has 0 saturated heterocycles. The lowest BCUT2D eigenvalue weighted by atomic mass is 10.0. The SMILES string of the molecule is COc1ccc(-n2ccnc2S[C@@H](C)C(=O)Nc2ccccc2-c2ccccc2)cc1. The largest absolute Gasteiger partial charge is 0.497 e. The van der Waals surface area contributed by atoms with Crippen molar-refractivity contribution in [3.8, 4) is 22.6 Å². The molecule has 3 aromatic carbocycles. The summed E-state index contributed by atoms with van der Waals surface area (Å²) in [4.78, 5) is 17.4. The van der Waals surface area contributed by atoms with Crippen molar-refractivity contribution in [3.05, 3.63) is 91.3 Å². The Labute approximate surface area is 186 Å². The van der Waals surface area contributed by atoms with Crippen LogP contribution < -0.4 is 10.1 Å². The summed E-state index contributed by atoms with van der Waals surface area (Å²) in [6, 6.07) is 25.6. The van der Waals surface area contributed by atoms with E-state index >= 15 is 0 Å². The molecule has 1 atom stereocenters. The van der Waals surface area contributed by atoms with Crippen molar-refractivity contribution >= 4 is 23.4 Å². The fourth-order valence-electron chi connectivity index (χ4n) is 3.22. The summed E-state index contributed by atoms with van der Waals surface area (Å²) < 4.78 is 7.19. The fraction of sp³-hybridized carbons (Fsp3) is 0.120. The lowest BCUT2D eigenvalue weighted by Crippen LogP contribution is -2.23. The van der Waals surface area contributed by atoms with Gasteiger partial charge in [0.25, 0.3) is 0 Å². The zero-order valence-electron chi connectivity index (χ0n) is 17.4. The highest BCUT2D eigenvalue weighted by Crippen LogP contribution is 2.30. The maximum absolute atomic E-state index is 13.0. The Kier molecular flexibility index (Phi) is 6.38. The van der Waals surface area contributed by atoms with Crippen LogP contribution in [0.3, 0.4) is 0 Å². The van der Waals surface area contributed by atoms with Gasteiger partial charge in [0.05, 0.1) is 12.4 Å². The first kappa shape index (κ1) is 20.8. The molecule has 0 saturated carbocycles. The van der Waals surface area contributed by atoms with Crippen molar-refractivity contribution in [2.24, 2.45) is 0 Å². The van der Waals surface area contributed by atoms with Crippen LogP contribution in [0.15, 0.2) is 96.4 Å². The van der Waals surface area contributed by atoms with Gasteiger partial charge in [0.2, 0.25) is 5.91 Å². The van der Waals surface area contributed by atoms with Gasteiger partial charge in [0.15, 0.2) is 5.16 Å². The average molecular weight is 430 g/mol. The third-order valence-electron chi connectivity index (χ3n) is 4.88. The van der Waals surface area contributed by atoms with Crippen LogP contribution in [0.4, 0.5) is 5.69 Å². The minimum absolute atomic E-state index is 0.0716. The van der Waals surface area contributed by atoms with E-state index < -0.39 is 0 Å². The molecule has 5 nitrogen and oxygen atoms in total. The number of amides is 1. The normalized spacial score (nSPS) is 11.7. The van der Waals surface area contributed by atoms with E-state index in [0.29, 0.717) is 0 Å². The number of benzene rings is 3. The van der Waals surface area contributed by atoms with Crippen LogP contribution in [0.1, 0.15) is 6.92 Å². The van der Waals surface area contributed by atoms with Crippen LogP contribution >= 0.6 is 11.8 Å². The van der Waals surface area contributed by atoms with Crippen LogP contribution in [-0.2, 0) is 4.79 Å². The van der Waals surface area contributed by atoms with Crippen LogP contribution in [0.2, 0.25) is 0 Å². The Morgan fingerprint density at radius 3 is 2.45 bits per heavy atom. The molecule has 1 amide bonds. The van der Waals surface area contributed by atoms with E-state index in [-0.39, 0.29) is 11.2 Å². The van der Waals surface area contributed by atoms with E-state index in [9.17, 15) is 4.79 Å². The van der Waals surface area contributed by atoms with Crippen LogP contribution in [0.25, 0.3) is 16.8 Å². The number of ether oxygens (including phenoxy) is 1. The molecule has 0 bridgehead atoms. The maximum Gasteiger partial charge on any atom is 0.237 e. The van der Waals surface area contributed by atoms with Crippen molar-refractivity contribution in [3.63, 3.8) is 0 Å². The number of carbonyl (C=O) groups excluding carboxylic acids is 1. The van der Waals surface area contributed by atoms with Crippen molar-refractivity contribution < 1.29 is 9.53 Å². The first-order valence-electron chi connectivity index (χ1n) is 9.95. The third-order valence-corrected chi connectivity index (χ3v) is 5.96. The predicted octanol–water partition coefficient (Wildman–Crippen LogP) is 5.67. The van der Waals surface area contributed by atoms with Crippen molar-refractivity contribution in [1.82, 2.24) is 9.55 Å². The van der Waals surface area contributed by atoms with E-state index in [2.05, 4.69) is 10.3 Å². The molecular weight excluding hydrogens is 406 g/mol. The molecule has 4 aromatic rings. The van der Waals surface area contributed by atoms with Crippen molar-refractivity contribution in [1.29, 1.82) is 0 Å². The smallest absolute Gasteiger partial charge is 0.237 e. The van der Waals surface area contributed by atoms with Crippen LogP contribution in [0, 0.1) is 0 Å². The van der Waals surface area contributed by atoms with Gasteiger partial charge in [0, 0.05) is 29.3 Å². The average Bonchev–Trinajstić information content (AvgIpc) is 3.28. The number of methoxy groups -OCH3 is 1. The molecule has 0 unspecified atom stereocenters. The van der Waals surface area contributed by atoms with E-state index in [4.69, 9.17) is 4.74 Å². The number of aromatic nitrogens is 2. The first-order valence-corrected chi connectivity index (χ1v) is 10.8. The predicted molar refractivity (Wildman–Crippen MR) is 126 cm³/mol. The van der Waals surface area contributed by atoms with Gasteiger partial charge >= 0.3 is 0 Å². The molecule has 31 heavy (non-hydrogen) atoms. The standard InChI is InChI=1S/C25H23N3O2S/c1-18(31-25-26-16-17-28(25)20-12-14-21(30-2)15-13-20)24(29)27-23-11-7-6-10-22(23)19-8-4-3-5-9-19/h3-18H,1-2H3,(H,27,29)/t18-/m0/s1. The quantitative estimate of drug-likeness (QED) is 0.385. The second-order valence-electron chi connectivity index (χ2n) is 6.94. The molecule has 4 rings (SSSR count). The van der Waals surface area contributed by atoms with Gasteiger partial charge in [-0.1, -0.05) is 60.3 Å². The molecule has 6 heteroatoms. The summed E-state index contributed by atoms with van der Waals surface area (Å²) in [7, 11) is 1.64. The molecule has 0 aliphatic carbocycles. The molecule has 156 valence electrons. The highest BCUT2D eigenvalue weighted by atomic mass is 32.2. The summed E-state index contributed by atoms with van der Waals surface area (Å²) in [5.41, 5.74) is 3.81. The molecule has 1 N–H and O–H groups in total. The van der Waals surface area contributed by atoms with Crippen LogP contribution in [0.5, 0.6) is 5.75 Å². The van der Waals surface area contributed by atoms with Gasteiger partial charge in [-0.05, 0) is 42.8 Å². The van der Waals surface area contributed by atoms with E-state index in [0.717, 1.165) is 33.4 Å². The number of nitrogens with zero attached hydrogens (tertiary/aromatic N) is 2. The fourth-order valence-corrected chi connectivity index (χ4v) is 4.11. The summed E-state index contributed by atoms with van der Waals surface area (Å²) >= 11 is 1.42. The van der Waals surface area contributed by atoms with Gasteiger partial charge in [-0.2, -0.15) is 0 Å². The lowest BCUT2D eigenvalue weighted by Gasteiger charge is -2.15. The van der Waals surface area contributed by atoms with Gasteiger partial charge < -0.3 is 10.1 Å². The number of para-hydroxylation sites is 1. The number of thioether (sulfide) groups is 1. The summed E-state index contributed by atoms with van der Waals surface area (Å²) in [5, 5.41) is 3.51. The van der Waals surface area contributed by atoms with Gasteiger partial charge in [-0.25, -0.2) is 4.98 Å². The van der Waals surface area contributed by atoms with E-state index in [1.165, 1.54) is 11.8 Å². The minimum atomic E-state index is -0.330. The number of imidazole rings is 1. The van der Waals surface area contributed by atoms with E-state index in [1.807, 2.05) is 96.6 Å². The topological polar surface area (TPSA) is 56.2 Å². The zero-order valence-corrected chi connectivity index (χ0v) is 18.2. The molecule has 0 radical (unpaired) electrons. The lowest BCUT2D eigenvalue weighted by molar-refractivity contribution is -0.115. The molecule has 0 spiro atoms. The molecule has 1 heterocycles. The number of rotatable bonds is 7. The van der Waals surface area contributed by atoms with Crippen LogP contribution in [-0.4, -0.2) is 27.8 Å². The Hall–Kier alpha value is -3.51. The summed E-state index contributed by atoms with van der Waals surface area (Å²) in [6.45, 7) is 1.89.